The SMILES string of the molecule is N#Cc1cc(F)cc(-c2cnc(N)cn2)c1. The molecule has 16 heavy (non-hydrogen) atoms. The van der Waals surface area contributed by atoms with Crippen LogP contribution in [0.4, 0.5) is 10.2 Å². The zero-order valence-corrected chi connectivity index (χ0v) is 8.18. The third-order valence-corrected chi connectivity index (χ3v) is 1.99. The lowest BCUT2D eigenvalue weighted by molar-refractivity contribution is 0.628. The van der Waals surface area contributed by atoms with Crippen LogP contribution < -0.4 is 5.73 Å². The normalized spacial score (nSPS) is 9.75. The molecule has 0 aliphatic carbocycles. The van der Waals surface area contributed by atoms with E-state index in [2.05, 4.69) is 9.97 Å². The number of nitrogens with two attached hydrogens (primary N) is 1. The van der Waals surface area contributed by atoms with Crippen LogP contribution in [0.15, 0.2) is 30.6 Å². The Morgan fingerprint density at radius 3 is 2.62 bits per heavy atom. The number of nitriles is 1. The summed E-state index contributed by atoms with van der Waals surface area (Å²) in [6.07, 6.45) is 2.82. The van der Waals surface area contributed by atoms with Gasteiger partial charge in [0.1, 0.15) is 11.6 Å². The average Bonchev–Trinajstić information content (AvgIpc) is 2.29. The standard InChI is InChI=1S/C11H7FN4/c12-9-2-7(4-13)1-8(3-9)10-5-16-11(14)6-15-10/h1-3,5-6H,(H2,14,16). The smallest absolute Gasteiger partial charge is 0.141 e. The van der Waals surface area contributed by atoms with Crippen LogP contribution in [0.25, 0.3) is 11.3 Å². The Morgan fingerprint density at radius 2 is 2.00 bits per heavy atom. The van der Waals surface area contributed by atoms with E-state index in [4.69, 9.17) is 11.0 Å². The van der Waals surface area contributed by atoms with Crippen LogP contribution >= 0.6 is 0 Å². The summed E-state index contributed by atoms with van der Waals surface area (Å²) in [7, 11) is 0. The predicted octanol–water partition coefficient (Wildman–Crippen LogP) is 1.74. The summed E-state index contributed by atoms with van der Waals surface area (Å²) >= 11 is 0. The lowest BCUT2D eigenvalue weighted by Crippen LogP contribution is -1.93. The van der Waals surface area contributed by atoms with Crippen LogP contribution in [0.5, 0.6) is 0 Å². The van der Waals surface area contributed by atoms with Crippen molar-refractivity contribution < 1.29 is 4.39 Å². The Labute approximate surface area is 91.2 Å². The van der Waals surface area contributed by atoms with Crippen molar-refractivity contribution in [2.75, 3.05) is 5.73 Å². The van der Waals surface area contributed by atoms with Gasteiger partial charge in [0.05, 0.1) is 29.7 Å². The first kappa shape index (κ1) is 10.1. The van der Waals surface area contributed by atoms with E-state index in [0.29, 0.717) is 17.1 Å². The molecule has 1 aromatic heterocycles. The van der Waals surface area contributed by atoms with E-state index in [1.54, 1.807) is 6.07 Å². The molecule has 0 aliphatic heterocycles. The maximum Gasteiger partial charge on any atom is 0.141 e. The van der Waals surface area contributed by atoms with Crippen molar-refractivity contribution >= 4 is 5.82 Å². The molecule has 0 saturated heterocycles. The van der Waals surface area contributed by atoms with Gasteiger partial charge in [-0.15, -0.1) is 0 Å². The number of anilines is 1. The number of halogens is 1. The van der Waals surface area contributed by atoms with Gasteiger partial charge in [0.15, 0.2) is 0 Å². The molecule has 0 fully saturated rings. The second kappa shape index (κ2) is 3.95. The van der Waals surface area contributed by atoms with Crippen molar-refractivity contribution in [2.24, 2.45) is 0 Å². The lowest BCUT2D eigenvalue weighted by atomic mass is 10.1. The summed E-state index contributed by atoms with van der Waals surface area (Å²) in [5, 5.41) is 8.70. The Balaban J connectivity index is 2.52. The van der Waals surface area contributed by atoms with Crippen molar-refractivity contribution in [3.05, 3.63) is 42.0 Å². The average molecular weight is 214 g/mol. The van der Waals surface area contributed by atoms with Gasteiger partial charge in [-0.25, -0.2) is 9.37 Å². The third-order valence-electron chi connectivity index (χ3n) is 1.99. The van der Waals surface area contributed by atoms with E-state index < -0.39 is 5.82 Å². The first-order valence-electron chi connectivity index (χ1n) is 4.47. The number of nitrogen functional groups attached to an aromatic ring is 1. The molecule has 0 atom stereocenters. The van der Waals surface area contributed by atoms with E-state index >= 15 is 0 Å². The van der Waals surface area contributed by atoms with Crippen LogP contribution in [0.2, 0.25) is 0 Å². The van der Waals surface area contributed by atoms with E-state index in [9.17, 15) is 4.39 Å². The number of rotatable bonds is 1. The molecule has 1 aromatic carbocycles. The molecular weight excluding hydrogens is 207 g/mol. The van der Waals surface area contributed by atoms with Crippen LogP contribution in [0, 0.1) is 17.1 Å². The molecule has 2 aromatic rings. The zero-order chi connectivity index (χ0) is 11.5. The van der Waals surface area contributed by atoms with Gasteiger partial charge in [-0.2, -0.15) is 5.26 Å². The summed E-state index contributed by atoms with van der Waals surface area (Å²) in [4.78, 5) is 7.85. The van der Waals surface area contributed by atoms with Crippen molar-refractivity contribution in [2.45, 2.75) is 0 Å². The molecule has 4 nitrogen and oxygen atoms in total. The zero-order valence-electron chi connectivity index (χ0n) is 8.18. The number of benzene rings is 1. The number of hydrogen-bond donors (Lipinski definition) is 1. The number of hydrogen-bond acceptors (Lipinski definition) is 4. The highest BCUT2D eigenvalue weighted by Crippen LogP contribution is 2.19. The van der Waals surface area contributed by atoms with Gasteiger partial charge in [-0.1, -0.05) is 0 Å². The number of aromatic nitrogens is 2. The molecule has 0 aliphatic rings. The van der Waals surface area contributed by atoms with Gasteiger partial charge in [-0.05, 0) is 18.2 Å². The van der Waals surface area contributed by atoms with Gasteiger partial charge >= 0.3 is 0 Å². The first-order valence-corrected chi connectivity index (χ1v) is 4.47. The first-order chi connectivity index (χ1) is 7.69. The summed E-state index contributed by atoms with van der Waals surface area (Å²) in [5.41, 5.74) is 6.62. The van der Waals surface area contributed by atoms with Crippen molar-refractivity contribution in [3.8, 4) is 17.3 Å². The van der Waals surface area contributed by atoms with Crippen molar-refractivity contribution in [1.29, 1.82) is 5.26 Å². The van der Waals surface area contributed by atoms with Crippen LogP contribution in [0.3, 0.4) is 0 Å². The molecule has 0 spiro atoms. The van der Waals surface area contributed by atoms with Gasteiger partial charge in [0.25, 0.3) is 0 Å². The fraction of sp³-hybridized carbons (Fsp3) is 0. The van der Waals surface area contributed by atoms with E-state index in [-0.39, 0.29) is 5.56 Å². The minimum absolute atomic E-state index is 0.244. The fourth-order valence-electron chi connectivity index (χ4n) is 1.29. The fourth-order valence-corrected chi connectivity index (χ4v) is 1.29. The predicted molar refractivity (Wildman–Crippen MR) is 56.6 cm³/mol. The molecular formula is C11H7FN4. The molecule has 0 saturated carbocycles. The molecule has 0 amide bonds. The van der Waals surface area contributed by atoms with Gasteiger partial charge in [-0.3, -0.25) is 4.98 Å². The van der Waals surface area contributed by atoms with E-state index in [1.807, 2.05) is 6.07 Å². The maximum atomic E-state index is 13.2. The minimum atomic E-state index is -0.479. The van der Waals surface area contributed by atoms with Crippen LogP contribution in [0.1, 0.15) is 5.56 Å². The molecule has 1 heterocycles. The van der Waals surface area contributed by atoms with E-state index in [1.165, 1.54) is 18.5 Å². The molecule has 0 bridgehead atoms. The topological polar surface area (TPSA) is 75.6 Å². The van der Waals surface area contributed by atoms with Crippen molar-refractivity contribution in [1.82, 2.24) is 9.97 Å². The molecule has 5 heteroatoms. The van der Waals surface area contributed by atoms with Crippen molar-refractivity contribution in [3.63, 3.8) is 0 Å². The summed E-state index contributed by atoms with van der Waals surface area (Å²) in [6, 6.07) is 5.88. The molecule has 0 unspecified atom stereocenters. The molecule has 2 rings (SSSR count). The van der Waals surface area contributed by atoms with Gasteiger partial charge in [0.2, 0.25) is 0 Å². The monoisotopic (exact) mass is 214 g/mol. The summed E-state index contributed by atoms with van der Waals surface area (Å²) in [6.45, 7) is 0. The third kappa shape index (κ3) is 1.96. The van der Waals surface area contributed by atoms with E-state index in [0.717, 1.165) is 6.07 Å². The highest BCUT2D eigenvalue weighted by Gasteiger charge is 2.04. The second-order valence-electron chi connectivity index (χ2n) is 3.17. The molecule has 2 N–H and O–H groups in total. The highest BCUT2D eigenvalue weighted by molar-refractivity contribution is 5.61. The van der Waals surface area contributed by atoms with Gasteiger partial charge < -0.3 is 5.73 Å². The molecule has 0 radical (unpaired) electrons. The largest absolute Gasteiger partial charge is 0.382 e. The summed E-state index contributed by atoms with van der Waals surface area (Å²) in [5.74, 6) is -0.187. The van der Waals surface area contributed by atoms with Crippen LogP contribution in [-0.2, 0) is 0 Å². The Kier molecular flexibility index (Phi) is 2.48. The molecule has 78 valence electrons. The van der Waals surface area contributed by atoms with Gasteiger partial charge in [0, 0.05) is 5.56 Å². The Bertz CT molecular complexity index is 557. The summed E-state index contributed by atoms with van der Waals surface area (Å²) < 4.78 is 13.2. The minimum Gasteiger partial charge on any atom is -0.382 e. The quantitative estimate of drug-likeness (QED) is 0.784. The number of nitrogens with zero attached hydrogens (tertiary/aromatic N) is 3. The Morgan fingerprint density at radius 1 is 1.19 bits per heavy atom. The Hall–Kier alpha value is -2.48. The lowest BCUT2D eigenvalue weighted by Gasteiger charge is -2.01. The second-order valence-corrected chi connectivity index (χ2v) is 3.17. The van der Waals surface area contributed by atoms with Crippen LogP contribution in [-0.4, -0.2) is 9.97 Å². The maximum absolute atomic E-state index is 13.2. The highest BCUT2D eigenvalue weighted by atomic mass is 19.1.